The Kier molecular flexibility index (Phi) is 3.70. The fourth-order valence-corrected chi connectivity index (χ4v) is 4.23. The molecule has 9 heteroatoms. The number of carbonyl (C=O) groups excluding carboxylic acids is 1. The molecule has 3 aliphatic carbocycles. The molecule has 1 spiro atoms. The Bertz CT molecular complexity index is 747. The molecule has 0 aliphatic heterocycles. The first-order chi connectivity index (χ1) is 12.1. The molecule has 1 unspecified atom stereocenters. The lowest BCUT2D eigenvalue weighted by atomic mass is 9.79. The van der Waals surface area contributed by atoms with Crippen LogP contribution < -0.4 is 0 Å². The van der Waals surface area contributed by atoms with E-state index in [4.69, 9.17) is 4.74 Å². The van der Waals surface area contributed by atoms with Crippen LogP contribution in [0.4, 0.5) is 22.0 Å². The van der Waals surface area contributed by atoms with E-state index in [2.05, 4.69) is 5.10 Å². The predicted molar refractivity (Wildman–Crippen MR) is 79.9 cm³/mol. The van der Waals surface area contributed by atoms with E-state index in [1.807, 2.05) is 0 Å². The van der Waals surface area contributed by atoms with Crippen LogP contribution in [-0.2, 0) is 17.5 Å². The molecule has 0 N–H and O–H groups in total. The van der Waals surface area contributed by atoms with Crippen molar-refractivity contribution in [1.29, 1.82) is 0 Å². The Labute approximate surface area is 146 Å². The zero-order chi connectivity index (χ0) is 18.9. The van der Waals surface area contributed by atoms with Gasteiger partial charge in [-0.3, -0.25) is 4.68 Å². The van der Waals surface area contributed by atoms with E-state index in [-0.39, 0.29) is 18.2 Å². The third-order valence-electron chi connectivity index (χ3n) is 5.98. The lowest BCUT2D eigenvalue weighted by molar-refractivity contribution is -0.138. The second-order valence-electron chi connectivity index (χ2n) is 7.47. The zero-order valence-corrected chi connectivity index (χ0v) is 14.2. The number of alkyl halides is 5. The predicted octanol–water partition coefficient (Wildman–Crippen LogP) is 4.39. The number of ether oxygens (including phenoxy) is 1. The summed E-state index contributed by atoms with van der Waals surface area (Å²) in [4.78, 5) is 12.2. The number of halogens is 5. The van der Waals surface area contributed by atoms with Gasteiger partial charge in [0.25, 0.3) is 5.92 Å². The first kappa shape index (κ1) is 17.7. The SMILES string of the molecule is CCOC(=O)c1c(C(F)(F)F)c(C2CC2)nn1CC1C(F)(F)C12CCC2. The Morgan fingerprint density at radius 3 is 2.38 bits per heavy atom. The quantitative estimate of drug-likeness (QED) is 0.564. The van der Waals surface area contributed by atoms with Gasteiger partial charge in [0, 0.05) is 11.3 Å². The molecule has 3 saturated carbocycles. The van der Waals surface area contributed by atoms with Crippen LogP contribution in [0.1, 0.15) is 66.7 Å². The number of carbonyl (C=O) groups is 1. The van der Waals surface area contributed by atoms with Crippen molar-refractivity contribution in [2.45, 2.75) is 63.6 Å². The van der Waals surface area contributed by atoms with Crippen molar-refractivity contribution >= 4 is 5.97 Å². The Morgan fingerprint density at radius 1 is 1.31 bits per heavy atom. The minimum absolute atomic E-state index is 0.108. The van der Waals surface area contributed by atoms with Gasteiger partial charge in [0.2, 0.25) is 0 Å². The number of nitrogens with zero attached hydrogens (tertiary/aromatic N) is 2. The highest BCUT2D eigenvalue weighted by molar-refractivity contribution is 5.90. The molecular weight excluding hydrogens is 359 g/mol. The lowest BCUT2D eigenvalue weighted by Gasteiger charge is -2.26. The molecule has 3 fully saturated rings. The van der Waals surface area contributed by atoms with Crippen molar-refractivity contribution in [3.05, 3.63) is 17.0 Å². The van der Waals surface area contributed by atoms with Gasteiger partial charge in [-0.15, -0.1) is 0 Å². The number of rotatable bonds is 5. The zero-order valence-electron chi connectivity index (χ0n) is 14.2. The van der Waals surface area contributed by atoms with Gasteiger partial charge in [-0.05, 0) is 32.6 Å². The van der Waals surface area contributed by atoms with Gasteiger partial charge in [-0.1, -0.05) is 6.42 Å². The van der Waals surface area contributed by atoms with E-state index >= 15 is 0 Å². The summed E-state index contributed by atoms with van der Waals surface area (Å²) >= 11 is 0. The maximum absolute atomic E-state index is 14.2. The number of esters is 1. The number of hydrogen-bond donors (Lipinski definition) is 0. The van der Waals surface area contributed by atoms with Crippen molar-refractivity contribution < 1.29 is 31.5 Å². The average molecular weight is 378 g/mol. The van der Waals surface area contributed by atoms with Crippen LogP contribution in [0.15, 0.2) is 0 Å². The van der Waals surface area contributed by atoms with E-state index in [0.717, 1.165) is 4.68 Å². The van der Waals surface area contributed by atoms with Crippen molar-refractivity contribution in [3.8, 4) is 0 Å². The van der Waals surface area contributed by atoms with Crippen LogP contribution in [-0.4, -0.2) is 28.3 Å². The van der Waals surface area contributed by atoms with E-state index in [1.165, 1.54) is 6.92 Å². The van der Waals surface area contributed by atoms with Crippen LogP contribution >= 0.6 is 0 Å². The fraction of sp³-hybridized carbons (Fsp3) is 0.765. The molecule has 0 saturated heterocycles. The van der Waals surface area contributed by atoms with Gasteiger partial charge in [0.15, 0.2) is 5.69 Å². The van der Waals surface area contributed by atoms with Gasteiger partial charge >= 0.3 is 12.1 Å². The number of hydrogen-bond acceptors (Lipinski definition) is 3. The summed E-state index contributed by atoms with van der Waals surface area (Å²) in [5, 5.41) is 3.97. The summed E-state index contributed by atoms with van der Waals surface area (Å²) in [6, 6.07) is 0. The van der Waals surface area contributed by atoms with E-state index in [0.29, 0.717) is 32.1 Å². The maximum atomic E-state index is 14.2. The first-order valence-corrected chi connectivity index (χ1v) is 8.86. The summed E-state index contributed by atoms with van der Waals surface area (Å²) in [5.41, 5.74) is -3.20. The normalized spacial score (nSPS) is 25.8. The molecule has 26 heavy (non-hydrogen) atoms. The largest absolute Gasteiger partial charge is 0.461 e. The minimum atomic E-state index is -4.79. The van der Waals surface area contributed by atoms with Crippen molar-refractivity contribution in [3.63, 3.8) is 0 Å². The molecule has 4 rings (SSSR count). The van der Waals surface area contributed by atoms with Crippen LogP contribution in [0.2, 0.25) is 0 Å². The monoisotopic (exact) mass is 378 g/mol. The van der Waals surface area contributed by atoms with Crippen molar-refractivity contribution in [1.82, 2.24) is 9.78 Å². The second-order valence-corrected chi connectivity index (χ2v) is 7.47. The highest BCUT2D eigenvalue weighted by Crippen LogP contribution is 2.75. The highest BCUT2D eigenvalue weighted by Gasteiger charge is 2.81. The molecule has 0 amide bonds. The molecule has 3 aliphatic rings. The van der Waals surface area contributed by atoms with Crippen LogP contribution in [0, 0.1) is 11.3 Å². The Morgan fingerprint density at radius 2 is 1.96 bits per heavy atom. The summed E-state index contributed by atoms with van der Waals surface area (Å²) in [5.74, 6) is -5.53. The van der Waals surface area contributed by atoms with Gasteiger partial charge in [-0.2, -0.15) is 18.3 Å². The smallest absolute Gasteiger partial charge is 0.420 e. The highest BCUT2D eigenvalue weighted by atomic mass is 19.4. The molecule has 4 nitrogen and oxygen atoms in total. The number of aromatic nitrogens is 2. The Balaban J connectivity index is 1.75. The fourth-order valence-electron chi connectivity index (χ4n) is 4.23. The summed E-state index contributed by atoms with van der Waals surface area (Å²) in [6.07, 6.45) is -2.28. The molecule has 1 heterocycles. The van der Waals surface area contributed by atoms with Crippen molar-refractivity contribution in [2.75, 3.05) is 6.61 Å². The molecule has 1 aromatic rings. The third kappa shape index (κ3) is 2.38. The second kappa shape index (κ2) is 5.42. The summed E-state index contributed by atoms with van der Waals surface area (Å²) in [7, 11) is 0. The minimum Gasteiger partial charge on any atom is -0.461 e. The van der Waals surface area contributed by atoms with Gasteiger partial charge in [-0.25, -0.2) is 13.6 Å². The molecule has 144 valence electrons. The summed E-state index contributed by atoms with van der Waals surface area (Å²) < 4.78 is 74.9. The topological polar surface area (TPSA) is 44.1 Å². The lowest BCUT2D eigenvalue weighted by Crippen LogP contribution is -2.22. The Hall–Kier alpha value is -1.67. The van der Waals surface area contributed by atoms with Gasteiger partial charge in [0.1, 0.15) is 5.56 Å². The molecule has 0 bridgehead atoms. The van der Waals surface area contributed by atoms with E-state index < -0.39 is 47.2 Å². The maximum Gasteiger partial charge on any atom is 0.420 e. The molecule has 1 atom stereocenters. The third-order valence-corrected chi connectivity index (χ3v) is 5.98. The van der Waals surface area contributed by atoms with Crippen LogP contribution in [0.25, 0.3) is 0 Å². The molecule has 0 aromatic carbocycles. The molecule has 1 aromatic heterocycles. The molecular formula is C17H19F5N2O2. The van der Waals surface area contributed by atoms with Gasteiger partial charge in [0.05, 0.1) is 24.8 Å². The van der Waals surface area contributed by atoms with E-state index in [9.17, 15) is 26.7 Å². The van der Waals surface area contributed by atoms with Crippen LogP contribution in [0.3, 0.4) is 0 Å². The standard InChI is InChI=1S/C17H19F5N2O2/c1-2-26-14(25)13-11(17(20,21)22)12(9-4-5-9)23-24(13)8-10-15(6-3-7-15)16(10,18)19/h9-10H,2-8H2,1H3. The van der Waals surface area contributed by atoms with Gasteiger partial charge < -0.3 is 4.74 Å². The van der Waals surface area contributed by atoms with Crippen molar-refractivity contribution in [2.24, 2.45) is 11.3 Å². The first-order valence-electron chi connectivity index (χ1n) is 8.86. The molecule has 0 radical (unpaired) electrons. The van der Waals surface area contributed by atoms with Crippen LogP contribution in [0.5, 0.6) is 0 Å². The average Bonchev–Trinajstić information content (AvgIpc) is 3.34. The summed E-state index contributed by atoms with van der Waals surface area (Å²) in [6.45, 7) is 0.979. The van der Waals surface area contributed by atoms with E-state index in [1.54, 1.807) is 0 Å².